The summed E-state index contributed by atoms with van der Waals surface area (Å²) in [4.78, 5) is 25.6. The molecule has 2 aromatic carbocycles. The predicted molar refractivity (Wildman–Crippen MR) is 97.5 cm³/mol. The number of aromatic hydroxyl groups is 1. The lowest BCUT2D eigenvalue weighted by Crippen LogP contribution is -2.23. The first kappa shape index (κ1) is 16.1. The molecule has 0 aliphatic heterocycles. The van der Waals surface area contributed by atoms with Crippen LogP contribution in [-0.2, 0) is 0 Å². The largest absolute Gasteiger partial charge is 0.507 e. The summed E-state index contributed by atoms with van der Waals surface area (Å²) in [5.74, 6) is 0.0601. The SMILES string of the molecule is CC1C=CC=C(Oc2cc(O)c3c(c2N)C(=O)c2ccccc2C3=O)C1. The van der Waals surface area contributed by atoms with Crippen LogP contribution >= 0.6 is 0 Å². The normalized spacial score (nSPS) is 18.2. The van der Waals surface area contributed by atoms with Crippen molar-refractivity contribution in [3.63, 3.8) is 0 Å². The Hall–Kier alpha value is -3.34. The number of fused-ring (bicyclic) bond motifs is 2. The Balaban J connectivity index is 1.84. The van der Waals surface area contributed by atoms with E-state index in [4.69, 9.17) is 10.5 Å². The van der Waals surface area contributed by atoms with E-state index in [1.165, 1.54) is 6.07 Å². The van der Waals surface area contributed by atoms with E-state index in [1.54, 1.807) is 24.3 Å². The van der Waals surface area contributed by atoms with E-state index in [1.807, 2.05) is 12.2 Å². The van der Waals surface area contributed by atoms with Crippen LogP contribution in [0.15, 0.2) is 54.3 Å². The monoisotopic (exact) mass is 347 g/mol. The minimum atomic E-state index is -0.417. The Morgan fingerprint density at radius 3 is 2.42 bits per heavy atom. The fraction of sp³-hybridized carbons (Fsp3) is 0.143. The molecule has 2 aliphatic carbocycles. The van der Waals surface area contributed by atoms with Crippen molar-refractivity contribution in [2.75, 3.05) is 5.73 Å². The predicted octanol–water partition coefficient (Wildman–Crippen LogP) is 3.61. The highest BCUT2D eigenvalue weighted by Gasteiger charge is 2.35. The zero-order valence-electron chi connectivity index (χ0n) is 14.2. The number of benzene rings is 2. The van der Waals surface area contributed by atoms with Crippen LogP contribution in [0.3, 0.4) is 0 Å². The van der Waals surface area contributed by atoms with Crippen molar-refractivity contribution in [1.82, 2.24) is 0 Å². The molecule has 5 nitrogen and oxygen atoms in total. The van der Waals surface area contributed by atoms with Crippen molar-refractivity contribution in [2.24, 2.45) is 5.92 Å². The van der Waals surface area contributed by atoms with Crippen LogP contribution in [0.5, 0.6) is 11.5 Å². The quantitative estimate of drug-likeness (QED) is 0.546. The van der Waals surface area contributed by atoms with E-state index in [0.29, 0.717) is 18.1 Å². The second kappa shape index (κ2) is 5.88. The number of anilines is 1. The fourth-order valence-corrected chi connectivity index (χ4v) is 3.38. The molecule has 0 heterocycles. The Bertz CT molecular complexity index is 1020. The molecule has 0 amide bonds. The molecule has 0 saturated heterocycles. The van der Waals surface area contributed by atoms with Crippen LogP contribution in [0, 0.1) is 5.92 Å². The van der Waals surface area contributed by atoms with E-state index in [-0.39, 0.29) is 45.2 Å². The Morgan fingerprint density at radius 2 is 1.77 bits per heavy atom. The third kappa shape index (κ3) is 2.40. The molecule has 26 heavy (non-hydrogen) atoms. The van der Waals surface area contributed by atoms with E-state index in [0.717, 1.165) is 0 Å². The number of nitrogens with two attached hydrogens (primary N) is 1. The highest BCUT2D eigenvalue weighted by molar-refractivity contribution is 6.31. The summed E-state index contributed by atoms with van der Waals surface area (Å²) in [5, 5.41) is 10.4. The summed E-state index contributed by atoms with van der Waals surface area (Å²) in [6, 6.07) is 7.82. The first-order chi connectivity index (χ1) is 12.5. The fourth-order valence-electron chi connectivity index (χ4n) is 3.38. The van der Waals surface area contributed by atoms with Crippen LogP contribution in [0.1, 0.15) is 45.2 Å². The van der Waals surface area contributed by atoms with E-state index >= 15 is 0 Å². The maximum atomic E-state index is 12.9. The first-order valence-electron chi connectivity index (χ1n) is 8.36. The van der Waals surface area contributed by atoms with Gasteiger partial charge in [0.2, 0.25) is 0 Å². The summed E-state index contributed by atoms with van der Waals surface area (Å²) in [6.07, 6.45) is 6.45. The average Bonchev–Trinajstić information content (AvgIpc) is 2.62. The molecule has 4 rings (SSSR count). The van der Waals surface area contributed by atoms with Crippen molar-refractivity contribution >= 4 is 17.3 Å². The topological polar surface area (TPSA) is 89.6 Å². The van der Waals surface area contributed by atoms with Gasteiger partial charge in [-0.1, -0.05) is 43.3 Å². The maximum Gasteiger partial charge on any atom is 0.198 e. The molecule has 0 fully saturated rings. The average molecular weight is 347 g/mol. The van der Waals surface area contributed by atoms with E-state index in [9.17, 15) is 14.7 Å². The molecule has 1 unspecified atom stereocenters. The number of ketones is 2. The van der Waals surface area contributed by atoms with Gasteiger partial charge in [-0.3, -0.25) is 9.59 Å². The lowest BCUT2D eigenvalue weighted by Gasteiger charge is -2.23. The summed E-state index contributed by atoms with van der Waals surface area (Å²) in [7, 11) is 0. The molecular weight excluding hydrogens is 330 g/mol. The molecule has 0 saturated carbocycles. The van der Waals surface area contributed by atoms with Gasteiger partial charge in [-0.15, -0.1) is 0 Å². The Morgan fingerprint density at radius 1 is 1.12 bits per heavy atom. The van der Waals surface area contributed by atoms with Crippen molar-refractivity contribution in [1.29, 1.82) is 0 Å². The number of carbonyl (C=O) groups is 2. The van der Waals surface area contributed by atoms with Gasteiger partial charge >= 0.3 is 0 Å². The van der Waals surface area contributed by atoms with Gasteiger partial charge in [-0.05, 0) is 12.0 Å². The van der Waals surface area contributed by atoms with E-state index in [2.05, 4.69) is 13.0 Å². The second-order valence-corrected chi connectivity index (χ2v) is 6.56. The van der Waals surface area contributed by atoms with E-state index < -0.39 is 5.78 Å². The van der Waals surface area contributed by atoms with Gasteiger partial charge in [-0.2, -0.15) is 0 Å². The molecule has 0 radical (unpaired) electrons. The second-order valence-electron chi connectivity index (χ2n) is 6.56. The molecule has 3 N–H and O–H groups in total. The number of nitrogen functional groups attached to an aromatic ring is 1. The molecule has 2 aromatic rings. The first-order valence-corrected chi connectivity index (χ1v) is 8.36. The van der Waals surface area contributed by atoms with Crippen LogP contribution in [0.2, 0.25) is 0 Å². The molecule has 0 spiro atoms. The van der Waals surface area contributed by atoms with Gasteiger partial charge in [-0.25, -0.2) is 0 Å². The molecule has 130 valence electrons. The van der Waals surface area contributed by atoms with Crippen LogP contribution in [0.25, 0.3) is 0 Å². The number of ether oxygens (including phenoxy) is 1. The Kier molecular flexibility index (Phi) is 3.65. The number of hydrogen-bond acceptors (Lipinski definition) is 5. The standard InChI is InChI=1S/C21H17NO4/c1-11-5-4-6-12(9-11)26-16-10-15(23)17-18(19(16)22)21(25)14-8-3-2-7-13(14)20(17)24/h2-8,10-11,23H,9,22H2,1H3. The summed E-state index contributed by atoms with van der Waals surface area (Å²) < 4.78 is 5.84. The van der Waals surface area contributed by atoms with Gasteiger partial charge in [0.25, 0.3) is 0 Å². The van der Waals surface area contributed by atoms with Crippen molar-refractivity contribution in [2.45, 2.75) is 13.3 Å². The molecule has 5 heteroatoms. The number of phenolic OH excluding ortho intramolecular Hbond substituents is 1. The van der Waals surface area contributed by atoms with Crippen LogP contribution < -0.4 is 10.5 Å². The summed E-state index contributed by atoms with van der Waals surface area (Å²) in [5.41, 5.74) is 6.73. The number of allylic oxidation sites excluding steroid dienone is 4. The molecule has 0 aromatic heterocycles. The lowest BCUT2D eigenvalue weighted by atomic mass is 9.82. The third-order valence-electron chi connectivity index (χ3n) is 4.67. The van der Waals surface area contributed by atoms with Crippen molar-refractivity contribution < 1.29 is 19.4 Å². The highest BCUT2D eigenvalue weighted by Crippen LogP contribution is 2.42. The van der Waals surface area contributed by atoms with Gasteiger partial charge < -0.3 is 15.6 Å². The minimum Gasteiger partial charge on any atom is -0.507 e. The molecule has 0 bridgehead atoms. The number of phenols is 1. The molecule has 2 aliphatic rings. The minimum absolute atomic E-state index is 0.00343. The number of carbonyl (C=O) groups excluding carboxylic acids is 2. The van der Waals surface area contributed by atoms with Gasteiger partial charge in [0, 0.05) is 23.6 Å². The zero-order valence-corrected chi connectivity index (χ0v) is 14.2. The zero-order chi connectivity index (χ0) is 18.4. The van der Waals surface area contributed by atoms with Gasteiger partial charge in [0.05, 0.1) is 16.8 Å². The molecule has 1 atom stereocenters. The smallest absolute Gasteiger partial charge is 0.198 e. The van der Waals surface area contributed by atoms with Crippen molar-refractivity contribution in [3.05, 3.63) is 76.6 Å². The lowest BCUT2D eigenvalue weighted by molar-refractivity contribution is 0.0977. The Labute approximate surface area is 150 Å². The van der Waals surface area contributed by atoms with Crippen LogP contribution in [0.4, 0.5) is 5.69 Å². The summed E-state index contributed by atoms with van der Waals surface area (Å²) >= 11 is 0. The van der Waals surface area contributed by atoms with Crippen LogP contribution in [-0.4, -0.2) is 16.7 Å². The third-order valence-corrected chi connectivity index (χ3v) is 4.67. The molecular formula is C21H17NO4. The van der Waals surface area contributed by atoms with Gasteiger partial charge in [0.15, 0.2) is 17.3 Å². The highest BCUT2D eigenvalue weighted by atomic mass is 16.5. The summed E-state index contributed by atoms with van der Waals surface area (Å²) in [6.45, 7) is 2.06. The number of hydrogen-bond donors (Lipinski definition) is 2. The maximum absolute atomic E-state index is 12.9. The number of rotatable bonds is 2. The van der Waals surface area contributed by atoms with Gasteiger partial charge in [0.1, 0.15) is 11.5 Å². The van der Waals surface area contributed by atoms with Crippen molar-refractivity contribution in [3.8, 4) is 11.5 Å².